The fraction of sp³-hybridized carbons (Fsp3) is 0.429. The van der Waals surface area contributed by atoms with E-state index in [-0.39, 0.29) is 5.91 Å². The number of hydrogen-bond donors (Lipinski definition) is 0. The number of amides is 1. The standard InChI is InChI=1S/C14H20N2O3/c1-16(9-4-10-18-2)14(17)13-7-5-12(6-8-13)11-15-19-3/h5-8,11H,4,9-10H2,1-3H3/b15-11+. The Labute approximate surface area is 113 Å². The van der Waals surface area contributed by atoms with E-state index < -0.39 is 0 Å². The number of carbonyl (C=O) groups excluding carboxylic acids is 1. The molecule has 0 N–H and O–H groups in total. The van der Waals surface area contributed by atoms with Crippen LogP contribution >= 0.6 is 0 Å². The van der Waals surface area contributed by atoms with Crippen LogP contribution in [0.2, 0.25) is 0 Å². The number of methoxy groups -OCH3 is 1. The van der Waals surface area contributed by atoms with Crippen molar-refractivity contribution in [2.75, 3.05) is 34.4 Å². The maximum atomic E-state index is 12.1. The molecule has 0 aliphatic rings. The highest BCUT2D eigenvalue weighted by Gasteiger charge is 2.10. The summed E-state index contributed by atoms with van der Waals surface area (Å²) in [5.74, 6) is 0.00586. The highest BCUT2D eigenvalue weighted by molar-refractivity contribution is 5.94. The lowest BCUT2D eigenvalue weighted by Gasteiger charge is -2.16. The molecule has 1 aromatic rings. The summed E-state index contributed by atoms with van der Waals surface area (Å²) in [6.45, 7) is 1.34. The van der Waals surface area contributed by atoms with Crippen LogP contribution in [0.15, 0.2) is 29.4 Å². The van der Waals surface area contributed by atoms with Crippen molar-refractivity contribution in [3.8, 4) is 0 Å². The maximum absolute atomic E-state index is 12.1. The number of benzene rings is 1. The Bertz CT molecular complexity index is 415. The molecule has 5 nitrogen and oxygen atoms in total. The maximum Gasteiger partial charge on any atom is 0.253 e. The van der Waals surface area contributed by atoms with Gasteiger partial charge in [0.2, 0.25) is 0 Å². The molecule has 0 saturated heterocycles. The minimum absolute atomic E-state index is 0.00586. The molecule has 0 unspecified atom stereocenters. The lowest BCUT2D eigenvalue weighted by molar-refractivity contribution is 0.0779. The molecule has 0 aromatic heterocycles. The molecule has 0 spiro atoms. The zero-order chi connectivity index (χ0) is 14.1. The van der Waals surface area contributed by atoms with Crippen LogP contribution in [0.3, 0.4) is 0 Å². The molecular formula is C14H20N2O3. The van der Waals surface area contributed by atoms with E-state index in [1.807, 2.05) is 12.1 Å². The van der Waals surface area contributed by atoms with Crippen LogP contribution in [-0.4, -0.2) is 51.4 Å². The zero-order valence-electron chi connectivity index (χ0n) is 11.6. The first kappa shape index (κ1) is 15.2. The van der Waals surface area contributed by atoms with Crippen LogP contribution in [0.25, 0.3) is 0 Å². The van der Waals surface area contributed by atoms with E-state index in [4.69, 9.17) is 4.74 Å². The Morgan fingerprint density at radius 1 is 1.32 bits per heavy atom. The van der Waals surface area contributed by atoms with E-state index in [1.165, 1.54) is 7.11 Å². The van der Waals surface area contributed by atoms with Crippen molar-refractivity contribution in [3.05, 3.63) is 35.4 Å². The van der Waals surface area contributed by atoms with Crippen molar-refractivity contribution in [2.45, 2.75) is 6.42 Å². The average molecular weight is 264 g/mol. The van der Waals surface area contributed by atoms with Gasteiger partial charge in [0.25, 0.3) is 5.91 Å². The molecule has 0 heterocycles. The Hall–Kier alpha value is -1.88. The average Bonchev–Trinajstić information content (AvgIpc) is 2.45. The second kappa shape index (κ2) is 8.26. The number of hydrogen-bond acceptors (Lipinski definition) is 4. The molecule has 104 valence electrons. The van der Waals surface area contributed by atoms with Gasteiger partial charge in [-0.1, -0.05) is 17.3 Å². The minimum Gasteiger partial charge on any atom is -0.399 e. The van der Waals surface area contributed by atoms with Gasteiger partial charge in [-0.15, -0.1) is 0 Å². The fourth-order valence-corrected chi connectivity index (χ4v) is 1.59. The van der Waals surface area contributed by atoms with Gasteiger partial charge in [-0.2, -0.15) is 0 Å². The molecule has 0 fully saturated rings. The van der Waals surface area contributed by atoms with Crippen molar-refractivity contribution >= 4 is 12.1 Å². The highest BCUT2D eigenvalue weighted by atomic mass is 16.6. The molecule has 0 aliphatic heterocycles. The van der Waals surface area contributed by atoms with E-state index in [1.54, 1.807) is 37.4 Å². The summed E-state index contributed by atoms with van der Waals surface area (Å²) >= 11 is 0. The number of oxime groups is 1. The van der Waals surface area contributed by atoms with E-state index >= 15 is 0 Å². The van der Waals surface area contributed by atoms with Gasteiger partial charge in [0.1, 0.15) is 7.11 Å². The van der Waals surface area contributed by atoms with Crippen LogP contribution in [0.1, 0.15) is 22.3 Å². The van der Waals surface area contributed by atoms with Gasteiger partial charge >= 0.3 is 0 Å². The monoisotopic (exact) mass is 264 g/mol. The van der Waals surface area contributed by atoms with Crippen molar-refractivity contribution in [1.29, 1.82) is 0 Å². The second-order valence-corrected chi connectivity index (χ2v) is 4.11. The number of ether oxygens (including phenoxy) is 1. The highest BCUT2D eigenvalue weighted by Crippen LogP contribution is 2.06. The minimum atomic E-state index is 0.00586. The van der Waals surface area contributed by atoms with Crippen molar-refractivity contribution in [1.82, 2.24) is 4.90 Å². The third-order valence-electron chi connectivity index (χ3n) is 2.65. The Morgan fingerprint density at radius 2 is 2.00 bits per heavy atom. The summed E-state index contributed by atoms with van der Waals surface area (Å²) in [6, 6.07) is 7.23. The van der Waals surface area contributed by atoms with Gasteiger partial charge in [-0.05, 0) is 24.1 Å². The van der Waals surface area contributed by atoms with E-state index in [0.717, 1.165) is 12.0 Å². The normalized spacial score (nSPS) is 10.7. The van der Waals surface area contributed by atoms with Crippen LogP contribution in [0.4, 0.5) is 0 Å². The first-order chi connectivity index (χ1) is 9.19. The van der Waals surface area contributed by atoms with Gasteiger partial charge in [0.15, 0.2) is 0 Å². The molecule has 1 rings (SSSR count). The predicted octanol–water partition coefficient (Wildman–Crippen LogP) is 1.78. The molecule has 0 atom stereocenters. The Balaban J connectivity index is 2.59. The van der Waals surface area contributed by atoms with Crippen LogP contribution in [0.5, 0.6) is 0 Å². The predicted molar refractivity (Wildman–Crippen MR) is 74.5 cm³/mol. The zero-order valence-corrected chi connectivity index (χ0v) is 11.6. The van der Waals surface area contributed by atoms with Gasteiger partial charge in [-0.25, -0.2) is 0 Å². The SMILES string of the molecule is COCCCN(C)C(=O)c1ccc(/C=N/OC)cc1. The molecule has 0 saturated carbocycles. The lowest BCUT2D eigenvalue weighted by Crippen LogP contribution is -2.28. The van der Waals surface area contributed by atoms with Gasteiger partial charge in [0, 0.05) is 32.9 Å². The summed E-state index contributed by atoms with van der Waals surface area (Å²) in [4.78, 5) is 18.4. The Kier molecular flexibility index (Phi) is 6.60. The van der Waals surface area contributed by atoms with Gasteiger partial charge in [0.05, 0.1) is 6.21 Å². The van der Waals surface area contributed by atoms with Crippen LogP contribution in [0, 0.1) is 0 Å². The first-order valence-corrected chi connectivity index (χ1v) is 6.10. The van der Waals surface area contributed by atoms with Crippen molar-refractivity contribution < 1.29 is 14.4 Å². The van der Waals surface area contributed by atoms with E-state index in [0.29, 0.717) is 18.7 Å². The summed E-state index contributed by atoms with van der Waals surface area (Å²) in [5, 5.41) is 3.67. The number of rotatable bonds is 7. The molecule has 0 bridgehead atoms. The molecule has 1 amide bonds. The largest absolute Gasteiger partial charge is 0.399 e. The summed E-state index contributed by atoms with van der Waals surface area (Å²) in [7, 11) is 4.93. The Morgan fingerprint density at radius 3 is 2.58 bits per heavy atom. The van der Waals surface area contributed by atoms with E-state index in [2.05, 4.69) is 9.99 Å². The van der Waals surface area contributed by atoms with Gasteiger partial charge in [-0.3, -0.25) is 4.79 Å². The first-order valence-electron chi connectivity index (χ1n) is 6.10. The topological polar surface area (TPSA) is 51.1 Å². The number of nitrogens with zero attached hydrogens (tertiary/aromatic N) is 2. The molecular weight excluding hydrogens is 244 g/mol. The van der Waals surface area contributed by atoms with Crippen molar-refractivity contribution in [3.63, 3.8) is 0 Å². The fourth-order valence-electron chi connectivity index (χ4n) is 1.59. The lowest BCUT2D eigenvalue weighted by atomic mass is 10.1. The quantitative estimate of drug-likeness (QED) is 0.428. The molecule has 0 radical (unpaired) electrons. The molecule has 0 aliphatic carbocycles. The van der Waals surface area contributed by atoms with Crippen LogP contribution in [-0.2, 0) is 9.57 Å². The second-order valence-electron chi connectivity index (χ2n) is 4.11. The smallest absolute Gasteiger partial charge is 0.253 e. The molecule has 5 heteroatoms. The molecule has 1 aromatic carbocycles. The van der Waals surface area contributed by atoms with Crippen molar-refractivity contribution in [2.24, 2.45) is 5.16 Å². The van der Waals surface area contributed by atoms with Crippen LogP contribution < -0.4 is 0 Å². The third kappa shape index (κ3) is 5.09. The van der Waals surface area contributed by atoms with Gasteiger partial charge < -0.3 is 14.5 Å². The summed E-state index contributed by atoms with van der Waals surface area (Å²) in [6.07, 6.45) is 2.42. The third-order valence-corrected chi connectivity index (χ3v) is 2.65. The number of carbonyl (C=O) groups is 1. The van der Waals surface area contributed by atoms with E-state index in [9.17, 15) is 4.79 Å². The summed E-state index contributed by atoms with van der Waals surface area (Å²) in [5.41, 5.74) is 1.55. The molecule has 19 heavy (non-hydrogen) atoms. The summed E-state index contributed by atoms with van der Waals surface area (Å²) < 4.78 is 4.97.